The molecule has 2 N–H and O–H groups in total. The van der Waals surface area contributed by atoms with Crippen molar-refractivity contribution < 1.29 is 14.7 Å². The molecular formula is C14H15N3O3S. The van der Waals surface area contributed by atoms with Crippen LogP contribution >= 0.6 is 11.3 Å². The van der Waals surface area contributed by atoms with Crippen LogP contribution in [0.3, 0.4) is 0 Å². The standard InChI is InChI=1S/C14H15N3O3S/c1-2-12-17-10(8-21-12)4-6-16-13(18)11-7-9(14(19)20)3-5-15-11/h3,5,7-8H,2,4,6H2,1H3,(H,16,18)(H,19,20). The first kappa shape index (κ1) is 15.1. The van der Waals surface area contributed by atoms with Crippen molar-refractivity contribution >= 4 is 23.2 Å². The second-order valence-electron chi connectivity index (χ2n) is 4.33. The van der Waals surface area contributed by atoms with Crippen LogP contribution in [0.25, 0.3) is 0 Å². The molecule has 2 aromatic rings. The van der Waals surface area contributed by atoms with Crippen LogP contribution in [-0.2, 0) is 12.8 Å². The van der Waals surface area contributed by atoms with Crippen molar-refractivity contribution in [3.63, 3.8) is 0 Å². The van der Waals surface area contributed by atoms with Gasteiger partial charge in [-0.05, 0) is 18.6 Å². The average molecular weight is 305 g/mol. The number of nitrogens with one attached hydrogen (secondary N) is 1. The number of carboxylic acid groups (broad SMARTS) is 1. The van der Waals surface area contributed by atoms with Crippen LogP contribution in [0.15, 0.2) is 23.7 Å². The third-order valence-electron chi connectivity index (χ3n) is 2.81. The first-order valence-corrected chi connectivity index (χ1v) is 7.39. The topological polar surface area (TPSA) is 92.2 Å². The Morgan fingerprint density at radius 1 is 1.43 bits per heavy atom. The quantitative estimate of drug-likeness (QED) is 0.848. The molecule has 2 rings (SSSR count). The van der Waals surface area contributed by atoms with Crippen molar-refractivity contribution in [2.45, 2.75) is 19.8 Å². The largest absolute Gasteiger partial charge is 0.478 e. The molecule has 0 radical (unpaired) electrons. The van der Waals surface area contributed by atoms with Gasteiger partial charge in [-0.25, -0.2) is 9.78 Å². The van der Waals surface area contributed by atoms with E-state index in [1.807, 2.05) is 12.3 Å². The molecule has 1 amide bonds. The van der Waals surface area contributed by atoms with Crippen LogP contribution in [0.1, 0.15) is 38.5 Å². The summed E-state index contributed by atoms with van der Waals surface area (Å²) >= 11 is 1.61. The molecule has 0 saturated carbocycles. The number of rotatable bonds is 6. The van der Waals surface area contributed by atoms with E-state index in [4.69, 9.17) is 5.11 Å². The highest BCUT2D eigenvalue weighted by Crippen LogP contribution is 2.10. The van der Waals surface area contributed by atoms with E-state index in [2.05, 4.69) is 15.3 Å². The maximum absolute atomic E-state index is 11.9. The van der Waals surface area contributed by atoms with E-state index in [1.54, 1.807) is 11.3 Å². The predicted molar refractivity (Wildman–Crippen MR) is 78.7 cm³/mol. The Kier molecular flexibility index (Phi) is 4.99. The first-order valence-electron chi connectivity index (χ1n) is 6.51. The first-order chi connectivity index (χ1) is 10.1. The number of thiazole rings is 1. The Labute approximate surface area is 125 Å². The number of hydrogen-bond donors (Lipinski definition) is 2. The van der Waals surface area contributed by atoms with Gasteiger partial charge in [0.05, 0.1) is 16.3 Å². The van der Waals surface area contributed by atoms with E-state index < -0.39 is 5.97 Å². The van der Waals surface area contributed by atoms with Gasteiger partial charge in [-0.15, -0.1) is 11.3 Å². The lowest BCUT2D eigenvalue weighted by Crippen LogP contribution is -2.26. The lowest BCUT2D eigenvalue weighted by atomic mass is 10.2. The van der Waals surface area contributed by atoms with Crippen LogP contribution < -0.4 is 5.32 Å². The van der Waals surface area contributed by atoms with Gasteiger partial charge < -0.3 is 10.4 Å². The highest BCUT2D eigenvalue weighted by Gasteiger charge is 2.10. The summed E-state index contributed by atoms with van der Waals surface area (Å²) < 4.78 is 0. The number of aromatic carboxylic acids is 1. The number of carbonyl (C=O) groups is 2. The second-order valence-corrected chi connectivity index (χ2v) is 5.27. The van der Waals surface area contributed by atoms with Crippen molar-refractivity contribution in [1.82, 2.24) is 15.3 Å². The lowest BCUT2D eigenvalue weighted by molar-refractivity contribution is 0.0696. The van der Waals surface area contributed by atoms with Crippen LogP contribution in [0.2, 0.25) is 0 Å². The fraction of sp³-hybridized carbons (Fsp3) is 0.286. The van der Waals surface area contributed by atoms with Crippen molar-refractivity contribution in [3.05, 3.63) is 45.7 Å². The lowest BCUT2D eigenvalue weighted by Gasteiger charge is -2.04. The molecule has 0 saturated heterocycles. The molecule has 21 heavy (non-hydrogen) atoms. The third kappa shape index (κ3) is 4.09. The molecule has 0 atom stereocenters. The molecule has 0 aliphatic rings. The summed E-state index contributed by atoms with van der Waals surface area (Å²) in [7, 11) is 0. The summed E-state index contributed by atoms with van der Waals surface area (Å²) in [6, 6.07) is 2.61. The minimum absolute atomic E-state index is 0.0437. The highest BCUT2D eigenvalue weighted by atomic mass is 32.1. The van der Waals surface area contributed by atoms with Gasteiger partial charge in [0.2, 0.25) is 0 Å². The van der Waals surface area contributed by atoms with Crippen molar-refractivity contribution in [2.24, 2.45) is 0 Å². The van der Waals surface area contributed by atoms with Crippen LogP contribution in [0, 0.1) is 0 Å². The van der Waals surface area contributed by atoms with Gasteiger partial charge in [-0.2, -0.15) is 0 Å². The van der Waals surface area contributed by atoms with Crippen LogP contribution in [0.5, 0.6) is 0 Å². The molecule has 0 unspecified atom stereocenters. The van der Waals surface area contributed by atoms with Crippen LogP contribution in [-0.4, -0.2) is 33.5 Å². The molecular weight excluding hydrogens is 290 g/mol. The Morgan fingerprint density at radius 3 is 2.90 bits per heavy atom. The Balaban J connectivity index is 1.89. The number of pyridine rings is 1. The number of amides is 1. The average Bonchev–Trinajstić information content (AvgIpc) is 2.95. The van der Waals surface area contributed by atoms with Gasteiger partial charge in [0.1, 0.15) is 5.69 Å². The van der Waals surface area contributed by atoms with Crippen molar-refractivity contribution in [3.8, 4) is 0 Å². The van der Waals surface area contributed by atoms with Gasteiger partial charge in [-0.1, -0.05) is 6.92 Å². The minimum Gasteiger partial charge on any atom is -0.478 e. The summed E-state index contributed by atoms with van der Waals surface area (Å²) in [4.78, 5) is 31.0. The monoisotopic (exact) mass is 305 g/mol. The maximum atomic E-state index is 11.9. The number of aryl methyl sites for hydroxylation is 1. The third-order valence-corrected chi connectivity index (χ3v) is 3.85. The minimum atomic E-state index is -1.08. The summed E-state index contributed by atoms with van der Waals surface area (Å²) in [5.41, 5.74) is 1.09. The van der Waals surface area contributed by atoms with Gasteiger partial charge in [-0.3, -0.25) is 9.78 Å². The maximum Gasteiger partial charge on any atom is 0.335 e. The molecule has 0 fully saturated rings. The number of carbonyl (C=O) groups excluding carboxylic acids is 1. The molecule has 110 valence electrons. The number of aromatic nitrogens is 2. The summed E-state index contributed by atoms with van der Waals surface area (Å²) in [6.45, 7) is 2.48. The van der Waals surface area contributed by atoms with Gasteiger partial charge >= 0.3 is 5.97 Å². The van der Waals surface area contributed by atoms with E-state index in [0.29, 0.717) is 13.0 Å². The Bertz CT molecular complexity index is 654. The van der Waals surface area contributed by atoms with E-state index >= 15 is 0 Å². The van der Waals surface area contributed by atoms with E-state index in [9.17, 15) is 9.59 Å². The zero-order valence-electron chi connectivity index (χ0n) is 11.5. The predicted octanol–water partition coefficient (Wildman–Crippen LogP) is 1.77. The molecule has 7 heteroatoms. The molecule has 0 aromatic carbocycles. The van der Waals surface area contributed by atoms with Crippen molar-refractivity contribution in [1.29, 1.82) is 0 Å². The highest BCUT2D eigenvalue weighted by molar-refractivity contribution is 7.09. The second kappa shape index (κ2) is 6.94. The van der Waals surface area contributed by atoms with Crippen molar-refractivity contribution in [2.75, 3.05) is 6.54 Å². The molecule has 0 spiro atoms. The Morgan fingerprint density at radius 2 is 2.24 bits per heavy atom. The fourth-order valence-corrected chi connectivity index (χ4v) is 2.49. The van der Waals surface area contributed by atoms with Crippen LogP contribution in [0.4, 0.5) is 0 Å². The van der Waals surface area contributed by atoms with Gasteiger partial charge in [0.15, 0.2) is 0 Å². The smallest absolute Gasteiger partial charge is 0.335 e. The fourth-order valence-electron chi connectivity index (χ4n) is 1.71. The zero-order valence-corrected chi connectivity index (χ0v) is 12.3. The number of nitrogens with zero attached hydrogens (tertiary/aromatic N) is 2. The molecule has 0 bridgehead atoms. The van der Waals surface area contributed by atoms with Gasteiger partial charge in [0, 0.05) is 24.5 Å². The molecule has 0 aliphatic carbocycles. The molecule has 2 aromatic heterocycles. The van der Waals surface area contributed by atoms with Gasteiger partial charge in [0.25, 0.3) is 5.91 Å². The van der Waals surface area contributed by atoms with E-state index in [1.165, 1.54) is 18.3 Å². The SMILES string of the molecule is CCc1nc(CCNC(=O)c2cc(C(=O)O)ccn2)cs1. The normalized spacial score (nSPS) is 10.3. The summed E-state index contributed by atoms with van der Waals surface area (Å²) in [6.07, 6.45) is 2.86. The Hall–Kier alpha value is -2.28. The van der Waals surface area contributed by atoms with E-state index in [-0.39, 0.29) is 17.2 Å². The zero-order chi connectivity index (χ0) is 15.2. The number of carboxylic acids is 1. The molecule has 6 nitrogen and oxygen atoms in total. The number of hydrogen-bond acceptors (Lipinski definition) is 5. The van der Waals surface area contributed by atoms with E-state index in [0.717, 1.165) is 17.1 Å². The summed E-state index contributed by atoms with van der Waals surface area (Å²) in [5, 5.41) is 14.6. The summed E-state index contributed by atoms with van der Waals surface area (Å²) in [5.74, 6) is -1.47. The molecule has 0 aliphatic heterocycles. The molecule has 2 heterocycles.